The Balaban J connectivity index is 0.702. The van der Waals surface area contributed by atoms with Gasteiger partial charge in [-0.15, -0.1) is 0 Å². The summed E-state index contributed by atoms with van der Waals surface area (Å²) in [6.45, 7) is 4.70. The van der Waals surface area contributed by atoms with Crippen LogP contribution in [0.15, 0.2) is 72.9 Å². The summed E-state index contributed by atoms with van der Waals surface area (Å²) < 4.78 is 138. The number of esters is 1. The van der Waals surface area contributed by atoms with Gasteiger partial charge in [0.1, 0.15) is 0 Å². The fraction of sp³-hybridized carbons (Fsp3) is 0.452. The third-order valence-electron chi connectivity index (χ3n) is 19.1. The molecule has 6 aliphatic rings. The number of aryl methyl sites for hydroxylation is 2. The van der Waals surface area contributed by atoms with Crippen molar-refractivity contribution in [3.8, 4) is 22.4 Å². The highest BCUT2D eigenvalue weighted by molar-refractivity contribution is 5.96. The van der Waals surface area contributed by atoms with Crippen LogP contribution in [-0.4, -0.2) is 132 Å². The number of carbonyl (C=O) groups is 4. The zero-order valence-electron chi connectivity index (χ0n) is 48.5. The monoisotopic (exact) mass is 1260 g/mol. The van der Waals surface area contributed by atoms with Crippen molar-refractivity contribution in [3.05, 3.63) is 135 Å². The van der Waals surface area contributed by atoms with Crippen molar-refractivity contribution in [2.75, 3.05) is 61.9 Å². The van der Waals surface area contributed by atoms with Gasteiger partial charge in [-0.05, 0) is 152 Å². The first-order valence-electron chi connectivity index (χ1n) is 29.3. The van der Waals surface area contributed by atoms with Gasteiger partial charge in [-0.3, -0.25) is 10.2 Å². The minimum atomic E-state index is -4.85. The summed E-state index contributed by atoms with van der Waals surface area (Å²) in [4.78, 5) is 80.9. The number of likely N-dealkylation sites (tertiary alicyclic amines) is 2. The second-order valence-electron chi connectivity index (χ2n) is 24.6. The first kappa shape index (κ1) is 61.7. The van der Waals surface area contributed by atoms with E-state index in [-0.39, 0.29) is 148 Å². The molecule has 6 fully saturated rings. The number of fused-ring (bicyclic) bond motifs is 3. The van der Waals surface area contributed by atoms with Gasteiger partial charge in [-0.1, -0.05) is 42.5 Å². The molecule has 28 heteroatoms. The summed E-state index contributed by atoms with van der Waals surface area (Å²) in [5.74, 6) is -6.40. The molecule has 1 unspecified atom stereocenters. The van der Waals surface area contributed by atoms with Gasteiger partial charge in [0.05, 0.1) is 41.4 Å². The Bertz CT molecular complexity index is 3810. The number of amides is 2. The molecule has 5 N–H and O–H groups in total. The molecule has 3 saturated heterocycles. The molecule has 3 aliphatic carbocycles. The Kier molecular flexibility index (Phi) is 16.0. The molecular weight excluding hydrogens is 1200 g/mol. The Hall–Kier alpha value is -8.53. The molecule has 6 heterocycles. The number of anilines is 3. The van der Waals surface area contributed by atoms with Crippen LogP contribution in [0.5, 0.6) is 0 Å². The molecule has 3 saturated carbocycles. The van der Waals surface area contributed by atoms with Crippen molar-refractivity contribution in [1.82, 2.24) is 39.7 Å². The number of hydrogen-bond donors (Lipinski definition) is 5. The van der Waals surface area contributed by atoms with Crippen LogP contribution in [0.3, 0.4) is 0 Å². The average molecular weight is 1260 g/mol. The molecule has 6 aromatic rings. The number of carboxylic acid groups (broad SMARTS) is 2. The quantitative estimate of drug-likeness (QED) is 0.0410. The van der Waals surface area contributed by atoms with E-state index in [0.717, 1.165) is 31.5 Å². The fourth-order valence-electron chi connectivity index (χ4n) is 15.2. The van der Waals surface area contributed by atoms with Gasteiger partial charge in [0.15, 0.2) is 29.3 Å². The molecule has 90 heavy (non-hydrogen) atoms. The molecular formula is C62H60F9N11O8. The third-order valence-corrected chi connectivity index (χ3v) is 19.1. The molecule has 3 aliphatic heterocycles. The summed E-state index contributed by atoms with van der Waals surface area (Å²) in [5.41, 5.74) is -3.01. The Labute approximate surface area is 508 Å². The first-order valence-corrected chi connectivity index (χ1v) is 29.3. The number of hydrogen-bond acceptors (Lipinski definition) is 15. The maximum Gasteiger partial charge on any atom is 0.416 e. The van der Waals surface area contributed by atoms with Gasteiger partial charge in [-0.25, -0.2) is 49.1 Å². The normalized spacial score (nSPS) is 24.4. The molecule has 2 amide bonds. The van der Waals surface area contributed by atoms with Gasteiger partial charge in [0.25, 0.3) is 0 Å². The number of aromatic carboxylic acids is 2. The van der Waals surface area contributed by atoms with Crippen LogP contribution in [0.25, 0.3) is 22.4 Å². The number of aliphatic hydroxyl groups excluding tert-OH is 1. The lowest BCUT2D eigenvalue weighted by Gasteiger charge is -2.27. The third kappa shape index (κ3) is 12.1. The standard InChI is InChI=1S/C62H60F9N11O8/c1-28-12-47(53(83)84)76-56(73-28)79-59(89)82-26-39-15-33(16-40(39)27-82)42-10-8-30(19-45(42)61(66,67)68)48-21-72-51(54(85)86)52(75-48)78-58(88)81-24-37-17-34(18-38(37)25-81)43-11-9-31(20-46(43)62(69,70)71)49-29(2)74-57(77-50(49)55(87)90-3)80-22-35-13-32(14-36(35)23-80)41-6-4-5-7-44(41)60(63,64)65/h4-12,19-21,32-40,58,88H,13-18,22-27H2,1-3H3,(H,75,78)(H,83,84)(H,85,86)(H,73,76,79,89)/t32-,33-,34-,35-,36+,37-,38+,39-,40+,58?. The van der Waals surface area contributed by atoms with E-state index in [2.05, 4.69) is 40.5 Å². The van der Waals surface area contributed by atoms with Crippen molar-refractivity contribution in [2.45, 2.75) is 95.0 Å². The summed E-state index contributed by atoms with van der Waals surface area (Å²) in [7, 11) is 1.12. The lowest BCUT2D eigenvalue weighted by Crippen LogP contribution is -2.40. The highest BCUT2D eigenvalue weighted by atomic mass is 19.4. The van der Waals surface area contributed by atoms with Crippen molar-refractivity contribution in [3.63, 3.8) is 0 Å². The minimum absolute atomic E-state index is 0.00430. The molecule has 19 nitrogen and oxygen atoms in total. The number of aromatic nitrogens is 6. The van der Waals surface area contributed by atoms with Crippen LogP contribution in [-0.2, 0) is 23.3 Å². The number of nitrogens with zero attached hydrogens (tertiary/aromatic N) is 9. The number of methoxy groups -OCH3 is 1. The first-order chi connectivity index (χ1) is 42.6. The number of rotatable bonds is 13. The van der Waals surface area contributed by atoms with E-state index in [9.17, 15) is 60.8 Å². The van der Waals surface area contributed by atoms with E-state index in [4.69, 9.17) is 4.74 Å². The predicted molar refractivity (Wildman–Crippen MR) is 304 cm³/mol. The van der Waals surface area contributed by atoms with E-state index in [1.54, 1.807) is 24.8 Å². The van der Waals surface area contributed by atoms with Gasteiger partial charge >= 0.3 is 42.5 Å². The molecule has 0 bridgehead atoms. The fourth-order valence-corrected chi connectivity index (χ4v) is 15.2. The molecule has 10 atom stereocenters. The highest BCUT2D eigenvalue weighted by Crippen LogP contribution is 2.53. The molecule has 3 aromatic heterocycles. The van der Waals surface area contributed by atoms with Crippen LogP contribution >= 0.6 is 0 Å². The zero-order chi connectivity index (χ0) is 64.0. The molecule has 3 aromatic carbocycles. The topological polar surface area (TPSA) is 249 Å². The predicted octanol–water partition coefficient (Wildman–Crippen LogP) is 11.3. The SMILES string of the molecule is COC(=O)c1nc(N2C[C@H]3C[C@@H](c4ccccc4C(F)(F)F)C[C@H]3C2)nc(C)c1-c1ccc([C@@H]2C[C@@H]3CN(C(O)Nc4nc(-c5ccc([C@@H]6C[C@@H]7CN(C(=O)Nc8nc(C)cc(C(=O)O)n8)C[C@@H]7C6)c(C(F)(F)F)c5)cnc4C(=O)O)C[C@@H]3C2)c(C(F)(F)F)c1. The Morgan fingerprint density at radius 1 is 0.600 bits per heavy atom. The number of alkyl halides is 9. The molecule has 0 spiro atoms. The summed E-state index contributed by atoms with van der Waals surface area (Å²) >= 11 is 0. The highest BCUT2D eigenvalue weighted by Gasteiger charge is 2.49. The van der Waals surface area contributed by atoms with E-state index < -0.39 is 88.9 Å². The number of halogens is 9. The van der Waals surface area contributed by atoms with Crippen molar-refractivity contribution in [1.29, 1.82) is 0 Å². The molecule has 0 radical (unpaired) electrons. The second-order valence-corrected chi connectivity index (χ2v) is 24.6. The van der Waals surface area contributed by atoms with Crippen LogP contribution < -0.4 is 15.5 Å². The Morgan fingerprint density at radius 3 is 1.67 bits per heavy atom. The van der Waals surface area contributed by atoms with Gasteiger partial charge in [0.2, 0.25) is 11.9 Å². The smallest absolute Gasteiger partial charge is 0.416 e. The summed E-state index contributed by atoms with van der Waals surface area (Å²) in [5, 5.41) is 36.2. The molecule has 12 rings (SSSR count). The minimum Gasteiger partial charge on any atom is -0.477 e. The van der Waals surface area contributed by atoms with Gasteiger partial charge in [0, 0.05) is 56.1 Å². The Morgan fingerprint density at radius 2 is 1.12 bits per heavy atom. The van der Waals surface area contributed by atoms with E-state index in [0.29, 0.717) is 44.5 Å². The lowest BCUT2D eigenvalue weighted by molar-refractivity contribution is -0.139. The number of benzene rings is 3. The van der Waals surface area contributed by atoms with Crippen molar-refractivity contribution >= 4 is 41.7 Å². The average Bonchev–Trinajstić information content (AvgIpc) is 1.42. The van der Waals surface area contributed by atoms with Gasteiger partial charge < -0.3 is 35.2 Å². The van der Waals surface area contributed by atoms with Crippen LogP contribution in [0.2, 0.25) is 0 Å². The number of aliphatic hydroxyl groups is 1. The summed E-state index contributed by atoms with van der Waals surface area (Å²) in [6, 6.07) is 13.8. The van der Waals surface area contributed by atoms with E-state index in [1.807, 2.05) is 4.90 Å². The van der Waals surface area contributed by atoms with Crippen molar-refractivity contribution < 1.29 is 78.7 Å². The maximum atomic E-state index is 15.3. The lowest BCUT2D eigenvalue weighted by atomic mass is 9.88. The number of carbonyl (C=O) groups excluding carboxylic acids is 2. The number of carboxylic acids is 2. The number of ether oxygens (including phenoxy) is 1. The largest absolute Gasteiger partial charge is 0.477 e. The number of nitrogens with one attached hydrogen (secondary N) is 2. The van der Waals surface area contributed by atoms with E-state index >= 15 is 13.2 Å². The van der Waals surface area contributed by atoms with Crippen LogP contribution in [0.1, 0.15) is 133 Å². The van der Waals surface area contributed by atoms with E-state index in [1.165, 1.54) is 47.4 Å². The van der Waals surface area contributed by atoms with Crippen LogP contribution in [0, 0.1) is 49.4 Å². The summed E-state index contributed by atoms with van der Waals surface area (Å²) in [6.07, 6.45) is -12.6. The van der Waals surface area contributed by atoms with Crippen LogP contribution in [0.4, 0.5) is 62.0 Å². The molecule has 474 valence electrons. The maximum absolute atomic E-state index is 15.3. The van der Waals surface area contributed by atoms with Gasteiger partial charge in [-0.2, -0.15) is 39.5 Å². The zero-order valence-corrected chi connectivity index (χ0v) is 48.5. The number of urea groups is 1. The van der Waals surface area contributed by atoms with Crippen molar-refractivity contribution in [2.24, 2.45) is 35.5 Å². The second kappa shape index (κ2) is 23.4.